The van der Waals surface area contributed by atoms with Crippen molar-refractivity contribution < 1.29 is 28.7 Å². The molecule has 2 rings (SSSR count). The van der Waals surface area contributed by atoms with E-state index >= 15 is 0 Å². The number of nitrogens with one attached hydrogen (secondary N) is 3. The van der Waals surface area contributed by atoms with E-state index in [2.05, 4.69) is 10.6 Å². The maximum Gasteiger partial charge on any atom is 0.308 e. The molecule has 0 spiro atoms. The van der Waals surface area contributed by atoms with Gasteiger partial charge in [0.05, 0.1) is 19.6 Å². The molecule has 2 aliphatic rings. The van der Waals surface area contributed by atoms with Crippen LogP contribution in [0.4, 0.5) is 0 Å². The molecule has 5 N–H and O–H groups in total. The van der Waals surface area contributed by atoms with Crippen LogP contribution in [0.3, 0.4) is 0 Å². The number of guanidine groups is 1. The van der Waals surface area contributed by atoms with Crippen LogP contribution in [-0.2, 0) is 28.7 Å². The van der Waals surface area contributed by atoms with Crippen molar-refractivity contribution in [1.82, 2.24) is 20.4 Å². The first-order valence-electron chi connectivity index (χ1n) is 14.2. The Labute approximate surface area is 231 Å². The van der Waals surface area contributed by atoms with Crippen LogP contribution in [0, 0.1) is 17.2 Å². The van der Waals surface area contributed by atoms with E-state index in [1.165, 1.54) is 12.0 Å². The van der Waals surface area contributed by atoms with Crippen molar-refractivity contribution in [2.24, 2.45) is 17.6 Å². The summed E-state index contributed by atoms with van der Waals surface area (Å²) in [5, 5.41) is 13.2. The van der Waals surface area contributed by atoms with Crippen LogP contribution < -0.4 is 16.4 Å². The molecule has 3 amide bonds. The lowest BCUT2D eigenvalue weighted by Crippen LogP contribution is -2.56. The van der Waals surface area contributed by atoms with Gasteiger partial charge in [0.1, 0.15) is 18.4 Å². The van der Waals surface area contributed by atoms with Gasteiger partial charge in [-0.25, -0.2) is 0 Å². The van der Waals surface area contributed by atoms with E-state index in [1.54, 1.807) is 4.90 Å². The van der Waals surface area contributed by atoms with Gasteiger partial charge in [0.25, 0.3) is 0 Å². The Morgan fingerprint density at radius 3 is 2.33 bits per heavy atom. The fraction of sp³-hybridized carbons (Fsp3) is 0.778. The lowest BCUT2D eigenvalue weighted by molar-refractivity contribution is -0.147. The summed E-state index contributed by atoms with van der Waals surface area (Å²) in [7, 11) is 1.22. The van der Waals surface area contributed by atoms with E-state index in [0.29, 0.717) is 58.0 Å². The minimum absolute atomic E-state index is 0.00388. The second-order valence-electron chi connectivity index (χ2n) is 10.6. The van der Waals surface area contributed by atoms with Gasteiger partial charge in [-0.1, -0.05) is 26.7 Å². The summed E-state index contributed by atoms with van der Waals surface area (Å²) < 4.78 is 4.76. The van der Waals surface area contributed by atoms with E-state index in [0.717, 1.165) is 25.7 Å². The van der Waals surface area contributed by atoms with Gasteiger partial charge in [-0.2, -0.15) is 0 Å². The largest absolute Gasteiger partial charge is 0.469 e. The number of rotatable bonds is 14. The number of hydrogen-bond acceptors (Lipinski definition) is 7. The van der Waals surface area contributed by atoms with Crippen LogP contribution in [0.1, 0.15) is 78.1 Å². The molecule has 0 radical (unpaired) electrons. The molecule has 0 saturated carbocycles. The molecule has 2 heterocycles. The highest BCUT2D eigenvalue weighted by atomic mass is 16.5. The van der Waals surface area contributed by atoms with E-state index in [9.17, 15) is 24.0 Å². The highest BCUT2D eigenvalue weighted by Gasteiger charge is 2.39. The normalized spacial score (nSPS) is 20.7. The Balaban J connectivity index is 2.09. The molecule has 0 aromatic heterocycles. The minimum atomic E-state index is -1.14. The number of amides is 3. The zero-order valence-electron chi connectivity index (χ0n) is 23.6. The van der Waals surface area contributed by atoms with Gasteiger partial charge in [0.15, 0.2) is 5.96 Å². The SMILES string of the molecule is CCCC(CCC)C(=O)N[C@@H](CC(=O)OC)C(=O)N1CCC[C@H]1C(=O)N[C@H](C=O)C[C@@H]1CCCN(C(=N)N)C1. The van der Waals surface area contributed by atoms with E-state index in [-0.39, 0.29) is 30.1 Å². The third-order valence-electron chi connectivity index (χ3n) is 7.64. The van der Waals surface area contributed by atoms with Gasteiger partial charge in [-0.15, -0.1) is 0 Å². The van der Waals surface area contributed by atoms with Crippen molar-refractivity contribution in [2.75, 3.05) is 26.7 Å². The zero-order chi connectivity index (χ0) is 28.9. The lowest BCUT2D eigenvalue weighted by Gasteiger charge is -2.34. The van der Waals surface area contributed by atoms with Gasteiger partial charge >= 0.3 is 5.97 Å². The first-order valence-corrected chi connectivity index (χ1v) is 14.2. The van der Waals surface area contributed by atoms with Gasteiger partial charge in [0.2, 0.25) is 17.7 Å². The molecule has 0 unspecified atom stereocenters. The van der Waals surface area contributed by atoms with Crippen molar-refractivity contribution in [2.45, 2.75) is 96.2 Å². The smallest absolute Gasteiger partial charge is 0.308 e. The molecule has 2 fully saturated rings. The molecule has 12 heteroatoms. The number of hydrogen-bond donors (Lipinski definition) is 4. The molecule has 12 nitrogen and oxygen atoms in total. The third-order valence-corrected chi connectivity index (χ3v) is 7.64. The number of nitrogens with two attached hydrogens (primary N) is 1. The molecule has 0 aromatic rings. The molecule has 39 heavy (non-hydrogen) atoms. The van der Waals surface area contributed by atoms with Crippen LogP contribution in [-0.4, -0.2) is 90.6 Å². The summed E-state index contributed by atoms with van der Waals surface area (Å²) in [5.41, 5.74) is 5.62. The number of ether oxygens (including phenoxy) is 1. The standard InChI is InChI=1S/C27H46N6O6/c1-4-8-19(9-5-2)24(36)31-21(15-23(35)39-3)26(38)33-13-7-11-22(33)25(37)30-20(17-34)14-18-10-6-12-32(16-18)27(28)29/h17-22H,4-16H2,1-3H3,(H3,28,29)(H,30,37)(H,31,36)/t18-,20-,21-,22-/m0/s1. The van der Waals surface area contributed by atoms with Crippen molar-refractivity contribution >= 4 is 35.9 Å². The van der Waals surface area contributed by atoms with Crippen LogP contribution in [0.15, 0.2) is 0 Å². The van der Waals surface area contributed by atoms with Crippen LogP contribution in [0.25, 0.3) is 0 Å². The summed E-state index contributed by atoms with van der Waals surface area (Å²) in [5.74, 6) is -2.04. The summed E-state index contributed by atoms with van der Waals surface area (Å²) >= 11 is 0. The predicted octanol–water partition coefficient (Wildman–Crippen LogP) is 0.921. The molecule has 0 aliphatic carbocycles. The number of carbonyl (C=O) groups is 5. The van der Waals surface area contributed by atoms with Gasteiger partial charge in [-0.3, -0.25) is 24.6 Å². The predicted molar refractivity (Wildman–Crippen MR) is 145 cm³/mol. The number of methoxy groups -OCH3 is 1. The quantitative estimate of drug-likeness (QED) is 0.107. The Bertz CT molecular complexity index is 877. The van der Waals surface area contributed by atoms with Crippen molar-refractivity contribution in [1.29, 1.82) is 5.41 Å². The topological polar surface area (TPSA) is 175 Å². The first kappa shape index (κ1) is 32.0. The number of aldehydes is 1. The highest BCUT2D eigenvalue weighted by Crippen LogP contribution is 2.23. The number of nitrogens with zero attached hydrogens (tertiary/aromatic N) is 2. The second kappa shape index (κ2) is 16.0. The summed E-state index contributed by atoms with van der Waals surface area (Å²) in [6.07, 6.45) is 6.46. The summed E-state index contributed by atoms with van der Waals surface area (Å²) in [6.45, 7) is 5.53. The Morgan fingerprint density at radius 2 is 1.74 bits per heavy atom. The average Bonchev–Trinajstić information content (AvgIpc) is 3.42. The Kier molecular flexibility index (Phi) is 13.2. The van der Waals surface area contributed by atoms with Crippen molar-refractivity contribution in [3.63, 3.8) is 0 Å². The number of esters is 1. The maximum atomic E-state index is 13.6. The molecule has 2 aliphatic heterocycles. The van der Waals surface area contributed by atoms with Crippen LogP contribution in [0.5, 0.6) is 0 Å². The fourth-order valence-electron chi connectivity index (χ4n) is 5.61. The molecular formula is C27H46N6O6. The third kappa shape index (κ3) is 9.50. The van der Waals surface area contributed by atoms with Crippen molar-refractivity contribution in [3.05, 3.63) is 0 Å². The lowest BCUT2D eigenvalue weighted by atomic mass is 9.91. The Hall–Kier alpha value is -3.18. The molecular weight excluding hydrogens is 504 g/mol. The Morgan fingerprint density at radius 1 is 1.08 bits per heavy atom. The zero-order valence-corrected chi connectivity index (χ0v) is 23.6. The molecule has 220 valence electrons. The maximum absolute atomic E-state index is 13.6. The molecule has 2 saturated heterocycles. The van der Waals surface area contributed by atoms with E-state index < -0.39 is 35.9 Å². The van der Waals surface area contributed by atoms with Crippen LogP contribution >= 0.6 is 0 Å². The molecule has 0 bridgehead atoms. The summed E-state index contributed by atoms with van der Waals surface area (Å²) in [6, 6.07) is -2.68. The summed E-state index contributed by atoms with van der Waals surface area (Å²) in [4.78, 5) is 66.9. The number of likely N-dealkylation sites (tertiary alicyclic amines) is 2. The van der Waals surface area contributed by atoms with E-state index in [1.807, 2.05) is 13.8 Å². The highest BCUT2D eigenvalue weighted by molar-refractivity contribution is 5.95. The molecule has 0 aromatic carbocycles. The minimum Gasteiger partial charge on any atom is -0.469 e. The fourth-order valence-corrected chi connectivity index (χ4v) is 5.61. The first-order chi connectivity index (χ1) is 18.6. The number of piperidine rings is 1. The number of carbonyl (C=O) groups excluding carboxylic acids is 5. The van der Waals surface area contributed by atoms with E-state index in [4.69, 9.17) is 15.9 Å². The second-order valence-corrected chi connectivity index (χ2v) is 10.6. The van der Waals surface area contributed by atoms with Gasteiger partial charge < -0.3 is 35.7 Å². The monoisotopic (exact) mass is 550 g/mol. The van der Waals surface area contributed by atoms with Gasteiger partial charge in [0, 0.05) is 25.6 Å². The van der Waals surface area contributed by atoms with Gasteiger partial charge in [-0.05, 0) is 50.9 Å². The van der Waals surface area contributed by atoms with Crippen molar-refractivity contribution in [3.8, 4) is 0 Å². The van der Waals surface area contributed by atoms with Crippen LogP contribution in [0.2, 0.25) is 0 Å². The average molecular weight is 551 g/mol. The molecule has 4 atom stereocenters.